The molecule has 2 N–H and O–H groups in total. The van der Waals surface area contributed by atoms with Crippen LogP contribution in [-0.2, 0) is 19.6 Å². The average Bonchev–Trinajstić information content (AvgIpc) is 2.99. The van der Waals surface area contributed by atoms with Gasteiger partial charge in [-0.1, -0.05) is 31.1 Å². The van der Waals surface area contributed by atoms with E-state index in [1.807, 2.05) is 18.2 Å². The zero-order valence-electron chi connectivity index (χ0n) is 13.6. The first-order valence-corrected chi connectivity index (χ1v) is 8.02. The molecule has 0 amide bonds. The highest BCUT2D eigenvalue weighted by Crippen LogP contribution is 2.47. The molecule has 0 saturated heterocycles. The normalized spacial score (nSPS) is 22.8. The van der Waals surface area contributed by atoms with E-state index in [2.05, 4.69) is 24.3 Å². The molecular formula is C18H23FN2O2. The van der Waals surface area contributed by atoms with Gasteiger partial charge < -0.3 is 14.9 Å². The molecule has 0 radical (unpaired) electrons. The standard InChI is InChI=1S/C18H23FN2O2/c1-18(2)13(7-15-9-16(11-22)23-21-15)8-17(18)20-10-12-3-5-14(19)6-4-12/h3-6,9,13,17,20,22H,7-8,10-11H2,1-2H3/t13-,17+/m1/s1. The number of nitrogens with zero attached hydrogens (tertiary/aromatic N) is 1. The lowest BCUT2D eigenvalue weighted by atomic mass is 9.57. The van der Waals surface area contributed by atoms with Crippen molar-refractivity contribution in [2.24, 2.45) is 11.3 Å². The van der Waals surface area contributed by atoms with Gasteiger partial charge in [0.25, 0.3) is 0 Å². The molecule has 0 unspecified atom stereocenters. The van der Waals surface area contributed by atoms with Gasteiger partial charge in [0.1, 0.15) is 12.4 Å². The van der Waals surface area contributed by atoms with Crippen LogP contribution >= 0.6 is 0 Å². The minimum absolute atomic E-state index is 0.108. The molecule has 23 heavy (non-hydrogen) atoms. The lowest BCUT2D eigenvalue weighted by Gasteiger charge is -2.52. The van der Waals surface area contributed by atoms with Crippen LogP contribution in [0.1, 0.15) is 37.3 Å². The fourth-order valence-corrected chi connectivity index (χ4v) is 3.33. The number of nitrogens with one attached hydrogen (secondary N) is 1. The minimum Gasteiger partial charge on any atom is -0.388 e. The van der Waals surface area contributed by atoms with Crippen molar-refractivity contribution in [1.82, 2.24) is 10.5 Å². The van der Waals surface area contributed by atoms with Crippen LogP contribution in [0.5, 0.6) is 0 Å². The topological polar surface area (TPSA) is 58.3 Å². The molecule has 0 spiro atoms. The van der Waals surface area contributed by atoms with Crippen LogP contribution in [0.15, 0.2) is 34.9 Å². The van der Waals surface area contributed by atoms with Gasteiger partial charge in [0, 0.05) is 18.7 Å². The van der Waals surface area contributed by atoms with Gasteiger partial charge in [0.2, 0.25) is 0 Å². The first-order chi connectivity index (χ1) is 11.0. The van der Waals surface area contributed by atoms with Crippen LogP contribution in [0.4, 0.5) is 4.39 Å². The van der Waals surface area contributed by atoms with E-state index in [0.29, 0.717) is 17.7 Å². The zero-order valence-corrected chi connectivity index (χ0v) is 13.6. The summed E-state index contributed by atoms with van der Waals surface area (Å²) in [6.07, 6.45) is 1.95. The molecule has 5 heteroatoms. The fraction of sp³-hybridized carbons (Fsp3) is 0.500. The monoisotopic (exact) mass is 318 g/mol. The van der Waals surface area contributed by atoms with Crippen molar-refractivity contribution in [1.29, 1.82) is 0 Å². The van der Waals surface area contributed by atoms with Crippen molar-refractivity contribution in [3.63, 3.8) is 0 Å². The van der Waals surface area contributed by atoms with Crippen molar-refractivity contribution < 1.29 is 14.0 Å². The van der Waals surface area contributed by atoms with Crippen LogP contribution in [0.25, 0.3) is 0 Å². The Labute approximate surface area is 135 Å². The van der Waals surface area contributed by atoms with Crippen molar-refractivity contribution in [3.8, 4) is 0 Å². The molecular weight excluding hydrogens is 295 g/mol. The molecule has 0 bridgehead atoms. The van der Waals surface area contributed by atoms with Crippen molar-refractivity contribution in [2.75, 3.05) is 0 Å². The minimum atomic E-state index is -0.201. The van der Waals surface area contributed by atoms with E-state index in [-0.39, 0.29) is 17.8 Å². The zero-order chi connectivity index (χ0) is 16.4. The number of hydrogen-bond donors (Lipinski definition) is 2. The maximum atomic E-state index is 12.9. The molecule has 3 rings (SSSR count). The Morgan fingerprint density at radius 3 is 2.70 bits per heavy atom. The molecule has 4 nitrogen and oxygen atoms in total. The number of aliphatic hydroxyl groups excluding tert-OH is 1. The molecule has 1 saturated carbocycles. The molecule has 1 aromatic heterocycles. The second-order valence-electron chi connectivity index (χ2n) is 6.96. The van der Waals surface area contributed by atoms with Gasteiger partial charge in [-0.3, -0.25) is 0 Å². The van der Waals surface area contributed by atoms with Crippen molar-refractivity contribution >= 4 is 0 Å². The van der Waals surface area contributed by atoms with Gasteiger partial charge >= 0.3 is 0 Å². The Balaban J connectivity index is 1.52. The lowest BCUT2D eigenvalue weighted by molar-refractivity contribution is 0.0125. The highest BCUT2D eigenvalue weighted by atomic mass is 19.1. The molecule has 1 fully saturated rings. The number of benzene rings is 1. The summed E-state index contributed by atoms with van der Waals surface area (Å²) in [6.45, 7) is 5.16. The number of rotatable bonds is 6. The smallest absolute Gasteiger partial charge is 0.162 e. The Hall–Kier alpha value is -1.72. The van der Waals surface area contributed by atoms with Crippen LogP contribution in [0.3, 0.4) is 0 Å². The molecule has 1 heterocycles. The third kappa shape index (κ3) is 3.46. The number of halogens is 1. The summed E-state index contributed by atoms with van der Waals surface area (Å²) in [5.74, 6) is 0.848. The van der Waals surface area contributed by atoms with Crippen LogP contribution in [-0.4, -0.2) is 16.3 Å². The highest BCUT2D eigenvalue weighted by Gasteiger charge is 2.47. The first kappa shape index (κ1) is 16.1. The maximum Gasteiger partial charge on any atom is 0.162 e. The Kier molecular flexibility index (Phi) is 4.50. The molecule has 1 aromatic carbocycles. The van der Waals surface area contributed by atoms with Gasteiger partial charge in [0.15, 0.2) is 5.76 Å². The molecule has 2 aromatic rings. The van der Waals surface area contributed by atoms with Crippen molar-refractivity contribution in [2.45, 2.75) is 45.9 Å². The predicted octanol–water partition coefficient (Wildman–Crippen LogP) is 3.05. The SMILES string of the molecule is CC1(C)[C@H](Cc2cc(CO)on2)C[C@@H]1NCc1ccc(F)cc1. The molecule has 124 valence electrons. The van der Waals surface area contributed by atoms with E-state index in [0.717, 1.165) is 30.6 Å². The highest BCUT2D eigenvalue weighted by molar-refractivity contribution is 5.17. The van der Waals surface area contributed by atoms with E-state index >= 15 is 0 Å². The quantitative estimate of drug-likeness (QED) is 0.859. The van der Waals surface area contributed by atoms with Crippen molar-refractivity contribution in [3.05, 3.63) is 53.2 Å². The van der Waals surface area contributed by atoms with E-state index in [4.69, 9.17) is 9.63 Å². The van der Waals surface area contributed by atoms with Gasteiger partial charge in [-0.05, 0) is 41.9 Å². The summed E-state index contributed by atoms with van der Waals surface area (Å²) >= 11 is 0. The fourth-order valence-electron chi connectivity index (χ4n) is 3.33. The van der Waals surface area contributed by atoms with Gasteiger partial charge in [0.05, 0.1) is 5.69 Å². The lowest BCUT2D eigenvalue weighted by Crippen LogP contribution is -2.57. The molecule has 1 aliphatic rings. The Bertz CT molecular complexity index is 651. The summed E-state index contributed by atoms with van der Waals surface area (Å²) in [4.78, 5) is 0. The van der Waals surface area contributed by atoms with E-state index in [1.165, 1.54) is 12.1 Å². The second kappa shape index (κ2) is 6.42. The van der Waals surface area contributed by atoms with E-state index < -0.39 is 0 Å². The molecule has 0 aliphatic heterocycles. The third-order valence-electron chi connectivity index (χ3n) is 5.16. The molecule has 1 aliphatic carbocycles. The summed E-state index contributed by atoms with van der Waals surface area (Å²) in [5, 5.41) is 16.6. The number of hydrogen-bond acceptors (Lipinski definition) is 4. The van der Waals surface area contributed by atoms with Gasteiger partial charge in [-0.25, -0.2) is 4.39 Å². The van der Waals surface area contributed by atoms with Crippen LogP contribution in [0.2, 0.25) is 0 Å². The number of aromatic nitrogens is 1. The third-order valence-corrected chi connectivity index (χ3v) is 5.16. The van der Waals surface area contributed by atoms with E-state index in [1.54, 1.807) is 0 Å². The summed E-state index contributed by atoms with van der Waals surface area (Å²) in [6, 6.07) is 8.88. The largest absolute Gasteiger partial charge is 0.388 e. The molecule has 2 atom stereocenters. The average molecular weight is 318 g/mol. The predicted molar refractivity (Wildman–Crippen MR) is 85.0 cm³/mol. The summed E-state index contributed by atoms with van der Waals surface area (Å²) in [5.41, 5.74) is 2.16. The van der Waals surface area contributed by atoms with E-state index in [9.17, 15) is 4.39 Å². The van der Waals surface area contributed by atoms with Gasteiger partial charge in [-0.2, -0.15) is 0 Å². The van der Waals surface area contributed by atoms with Crippen LogP contribution in [0, 0.1) is 17.2 Å². The Morgan fingerprint density at radius 1 is 1.35 bits per heavy atom. The second-order valence-corrected chi connectivity index (χ2v) is 6.96. The first-order valence-electron chi connectivity index (χ1n) is 8.02. The summed E-state index contributed by atoms with van der Waals surface area (Å²) < 4.78 is 18.0. The number of aliphatic hydroxyl groups is 1. The maximum absolute atomic E-state index is 12.9. The van der Waals surface area contributed by atoms with Crippen LogP contribution < -0.4 is 5.32 Å². The van der Waals surface area contributed by atoms with Gasteiger partial charge in [-0.15, -0.1) is 0 Å². The Morgan fingerprint density at radius 2 is 2.09 bits per heavy atom. The summed E-state index contributed by atoms with van der Waals surface area (Å²) in [7, 11) is 0.